The van der Waals surface area contributed by atoms with E-state index in [1.807, 2.05) is 18.9 Å². The molecule has 122 valence electrons. The van der Waals surface area contributed by atoms with Crippen LogP contribution in [0.15, 0.2) is 29.3 Å². The predicted molar refractivity (Wildman–Crippen MR) is 87.2 cm³/mol. The van der Waals surface area contributed by atoms with Crippen LogP contribution in [0.4, 0.5) is 4.39 Å². The molecular weight excluding hydrogens is 281 g/mol. The van der Waals surface area contributed by atoms with Crippen molar-refractivity contribution in [3.8, 4) is 0 Å². The third kappa shape index (κ3) is 4.70. The van der Waals surface area contributed by atoms with Gasteiger partial charge in [-0.25, -0.2) is 4.39 Å². The van der Waals surface area contributed by atoms with E-state index in [1.54, 1.807) is 12.1 Å². The van der Waals surface area contributed by atoms with Crippen LogP contribution in [0.1, 0.15) is 31.7 Å². The van der Waals surface area contributed by atoms with Crippen molar-refractivity contribution in [3.05, 3.63) is 35.6 Å². The fourth-order valence-electron chi connectivity index (χ4n) is 2.84. The first-order valence-electron chi connectivity index (χ1n) is 8.02. The summed E-state index contributed by atoms with van der Waals surface area (Å²) in [5.74, 6) is 0.876. The van der Waals surface area contributed by atoms with Gasteiger partial charge >= 0.3 is 0 Å². The Labute approximate surface area is 132 Å². The van der Waals surface area contributed by atoms with Gasteiger partial charge in [-0.05, 0) is 37.5 Å². The monoisotopic (exact) mass is 307 g/mol. The lowest BCUT2D eigenvalue weighted by atomic mass is 10.1. The van der Waals surface area contributed by atoms with Crippen LogP contribution in [0.3, 0.4) is 0 Å². The molecular formula is C17H26FN3O. The minimum atomic E-state index is -0.220. The molecule has 1 aliphatic carbocycles. The molecule has 0 amide bonds. The average Bonchev–Trinajstić information content (AvgIpc) is 2.91. The van der Waals surface area contributed by atoms with Gasteiger partial charge < -0.3 is 15.3 Å². The number of rotatable bonds is 5. The van der Waals surface area contributed by atoms with Crippen LogP contribution in [-0.4, -0.2) is 42.2 Å². The van der Waals surface area contributed by atoms with Crippen LogP contribution in [-0.2, 0) is 6.54 Å². The van der Waals surface area contributed by atoms with Gasteiger partial charge in [-0.15, -0.1) is 0 Å². The van der Waals surface area contributed by atoms with Crippen molar-refractivity contribution in [1.82, 2.24) is 10.2 Å². The average molecular weight is 307 g/mol. The first kappa shape index (κ1) is 16.7. The normalized spacial score (nSPS) is 21.9. The fraction of sp³-hybridized carbons (Fsp3) is 0.588. The first-order valence-corrected chi connectivity index (χ1v) is 8.02. The number of benzene rings is 1. The molecule has 1 fully saturated rings. The summed E-state index contributed by atoms with van der Waals surface area (Å²) in [5.41, 5.74) is 1.04. The van der Waals surface area contributed by atoms with E-state index in [9.17, 15) is 9.50 Å². The number of aliphatic imine (C=N–C) groups is 1. The number of nitrogens with one attached hydrogen (secondary N) is 1. The molecule has 0 spiro atoms. The lowest BCUT2D eigenvalue weighted by Crippen LogP contribution is -2.39. The Morgan fingerprint density at radius 3 is 2.68 bits per heavy atom. The topological polar surface area (TPSA) is 47.9 Å². The molecule has 0 aromatic heterocycles. The van der Waals surface area contributed by atoms with Crippen molar-refractivity contribution in [2.45, 2.75) is 38.8 Å². The van der Waals surface area contributed by atoms with Crippen LogP contribution in [0.25, 0.3) is 0 Å². The van der Waals surface area contributed by atoms with E-state index < -0.39 is 0 Å². The number of hydrogen-bond donors (Lipinski definition) is 2. The Morgan fingerprint density at radius 2 is 2.09 bits per heavy atom. The van der Waals surface area contributed by atoms with Gasteiger partial charge in [-0.1, -0.05) is 18.6 Å². The quantitative estimate of drug-likeness (QED) is 0.648. The molecule has 1 aromatic carbocycles. The van der Waals surface area contributed by atoms with Crippen LogP contribution in [0.5, 0.6) is 0 Å². The molecule has 0 saturated heterocycles. The molecule has 0 bridgehead atoms. The Hall–Kier alpha value is -1.62. The van der Waals surface area contributed by atoms with E-state index in [0.29, 0.717) is 13.1 Å². The largest absolute Gasteiger partial charge is 0.393 e. The van der Waals surface area contributed by atoms with Gasteiger partial charge in [0.2, 0.25) is 0 Å². The summed E-state index contributed by atoms with van der Waals surface area (Å²) in [6.45, 7) is 4.14. The zero-order valence-corrected chi connectivity index (χ0v) is 13.4. The molecule has 2 atom stereocenters. The van der Waals surface area contributed by atoms with Crippen molar-refractivity contribution in [3.63, 3.8) is 0 Å². The second-order valence-corrected chi connectivity index (χ2v) is 5.94. The van der Waals surface area contributed by atoms with Crippen molar-refractivity contribution < 1.29 is 9.50 Å². The summed E-state index contributed by atoms with van der Waals surface area (Å²) in [5, 5.41) is 13.2. The lowest BCUT2D eigenvalue weighted by Gasteiger charge is -2.23. The summed E-state index contributed by atoms with van der Waals surface area (Å²) in [6.07, 6.45) is 2.81. The fourth-order valence-corrected chi connectivity index (χ4v) is 2.84. The molecule has 0 aliphatic heterocycles. The van der Waals surface area contributed by atoms with E-state index in [4.69, 9.17) is 0 Å². The molecule has 1 aromatic rings. The van der Waals surface area contributed by atoms with Gasteiger partial charge in [0.25, 0.3) is 0 Å². The van der Waals surface area contributed by atoms with Crippen molar-refractivity contribution in [1.29, 1.82) is 0 Å². The standard InChI is InChI=1S/C17H26FN3O/c1-3-19-17(20-11-14-5-4-6-16(14)22)21(2)12-13-7-9-15(18)10-8-13/h7-10,14,16,22H,3-6,11-12H2,1-2H3,(H,19,20). The molecule has 2 rings (SSSR count). The zero-order valence-electron chi connectivity index (χ0n) is 13.4. The number of aliphatic hydroxyl groups is 1. The molecule has 2 N–H and O–H groups in total. The second kappa shape index (κ2) is 8.13. The van der Waals surface area contributed by atoms with Crippen LogP contribution >= 0.6 is 0 Å². The number of guanidine groups is 1. The van der Waals surface area contributed by atoms with Crippen LogP contribution in [0, 0.1) is 11.7 Å². The van der Waals surface area contributed by atoms with Crippen molar-refractivity contribution in [2.75, 3.05) is 20.1 Å². The van der Waals surface area contributed by atoms with Gasteiger partial charge in [0.05, 0.1) is 6.10 Å². The summed E-state index contributed by atoms with van der Waals surface area (Å²) in [7, 11) is 1.97. The van der Waals surface area contributed by atoms with Gasteiger partial charge in [-0.3, -0.25) is 4.99 Å². The zero-order chi connectivity index (χ0) is 15.9. The minimum Gasteiger partial charge on any atom is -0.393 e. The van der Waals surface area contributed by atoms with Gasteiger partial charge in [-0.2, -0.15) is 0 Å². The van der Waals surface area contributed by atoms with E-state index in [1.165, 1.54) is 12.1 Å². The number of nitrogens with zero attached hydrogens (tertiary/aromatic N) is 2. The van der Waals surface area contributed by atoms with Crippen molar-refractivity contribution in [2.24, 2.45) is 10.9 Å². The van der Waals surface area contributed by atoms with Gasteiger partial charge in [0, 0.05) is 32.6 Å². The van der Waals surface area contributed by atoms with E-state index >= 15 is 0 Å². The molecule has 5 heteroatoms. The highest BCUT2D eigenvalue weighted by Gasteiger charge is 2.24. The Kier molecular flexibility index (Phi) is 6.19. The second-order valence-electron chi connectivity index (χ2n) is 5.94. The highest BCUT2D eigenvalue weighted by Crippen LogP contribution is 2.25. The highest BCUT2D eigenvalue weighted by atomic mass is 19.1. The summed E-state index contributed by atoms with van der Waals surface area (Å²) < 4.78 is 13.0. The SMILES string of the molecule is CCNC(=NCC1CCCC1O)N(C)Cc1ccc(F)cc1. The molecule has 0 radical (unpaired) electrons. The predicted octanol–water partition coefficient (Wildman–Crippen LogP) is 2.38. The smallest absolute Gasteiger partial charge is 0.193 e. The maximum atomic E-state index is 13.0. The molecule has 1 aliphatic rings. The minimum absolute atomic E-state index is 0.214. The number of hydrogen-bond acceptors (Lipinski definition) is 2. The van der Waals surface area contributed by atoms with E-state index in [2.05, 4.69) is 10.3 Å². The Morgan fingerprint density at radius 1 is 1.36 bits per heavy atom. The lowest BCUT2D eigenvalue weighted by molar-refractivity contribution is 0.136. The maximum absolute atomic E-state index is 13.0. The summed E-state index contributed by atoms with van der Waals surface area (Å²) in [4.78, 5) is 6.68. The Bertz CT molecular complexity index is 489. The third-order valence-corrected chi connectivity index (χ3v) is 4.12. The molecule has 4 nitrogen and oxygen atoms in total. The maximum Gasteiger partial charge on any atom is 0.193 e. The van der Waals surface area contributed by atoms with Gasteiger partial charge in [0.15, 0.2) is 5.96 Å². The summed E-state index contributed by atoms with van der Waals surface area (Å²) >= 11 is 0. The summed E-state index contributed by atoms with van der Waals surface area (Å²) in [6, 6.07) is 6.52. The number of aliphatic hydroxyl groups excluding tert-OH is 1. The van der Waals surface area contributed by atoms with Gasteiger partial charge in [0.1, 0.15) is 5.82 Å². The molecule has 1 saturated carbocycles. The highest BCUT2D eigenvalue weighted by molar-refractivity contribution is 5.79. The Balaban J connectivity index is 1.97. The van der Waals surface area contributed by atoms with Crippen LogP contribution in [0.2, 0.25) is 0 Å². The molecule has 2 unspecified atom stereocenters. The first-order chi connectivity index (χ1) is 10.6. The van der Waals surface area contributed by atoms with Crippen molar-refractivity contribution >= 4 is 5.96 Å². The van der Waals surface area contributed by atoms with E-state index in [-0.39, 0.29) is 17.8 Å². The van der Waals surface area contributed by atoms with Crippen LogP contribution < -0.4 is 5.32 Å². The molecule has 0 heterocycles. The molecule has 22 heavy (non-hydrogen) atoms. The number of halogens is 1. The third-order valence-electron chi connectivity index (χ3n) is 4.12. The van der Waals surface area contributed by atoms with E-state index in [0.717, 1.165) is 37.3 Å².